The summed E-state index contributed by atoms with van der Waals surface area (Å²) in [5.41, 5.74) is 6.89. The van der Waals surface area contributed by atoms with Gasteiger partial charge < -0.3 is 15.0 Å². The molecule has 1 aliphatic rings. The molecule has 1 fully saturated rings. The number of para-hydroxylation sites is 1. The Bertz CT molecular complexity index is 612. The molecule has 0 atom stereocenters. The van der Waals surface area contributed by atoms with Gasteiger partial charge in [0.1, 0.15) is 5.69 Å². The lowest BCUT2D eigenvalue weighted by molar-refractivity contribution is 0.0988. The third kappa shape index (κ3) is 1.74. The first-order chi connectivity index (χ1) is 8.68. The number of ether oxygens (including phenoxy) is 1. The highest BCUT2D eigenvalue weighted by Crippen LogP contribution is 2.35. The molecular weight excluding hydrogens is 228 g/mol. The van der Waals surface area contributed by atoms with E-state index in [0.29, 0.717) is 24.0 Å². The molecule has 4 heteroatoms. The number of hydrogen-bond donors (Lipinski definition) is 1. The summed E-state index contributed by atoms with van der Waals surface area (Å²) in [5.74, 6) is 0.830. The standard InChI is InChI=1S/C14H16N2O2/c1-16-11-5-3-2-4-10(11)13(12(16)14(15)17)18-8-9-6-7-9/h2-5,9H,6-8H2,1H3,(H2,15,17). The zero-order chi connectivity index (χ0) is 12.7. The number of carbonyl (C=O) groups excluding carboxylic acids is 1. The highest BCUT2D eigenvalue weighted by Gasteiger charge is 2.25. The largest absolute Gasteiger partial charge is 0.490 e. The first-order valence-corrected chi connectivity index (χ1v) is 6.18. The Morgan fingerprint density at radius 2 is 2.17 bits per heavy atom. The topological polar surface area (TPSA) is 57.2 Å². The molecule has 0 spiro atoms. The second kappa shape index (κ2) is 4.05. The van der Waals surface area contributed by atoms with E-state index in [-0.39, 0.29) is 0 Å². The van der Waals surface area contributed by atoms with E-state index in [4.69, 9.17) is 10.5 Å². The van der Waals surface area contributed by atoms with Crippen molar-refractivity contribution in [1.82, 2.24) is 4.57 Å². The van der Waals surface area contributed by atoms with Crippen LogP contribution in [0.1, 0.15) is 23.3 Å². The minimum atomic E-state index is -0.445. The highest BCUT2D eigenvalue weighted by molar-refractivity contribution is 6.03. The van der Waals surface area contributed by atoms with E-state index in [1.54, 1.807) is 4.57 Å². The normalized spacial score (nSPS) is 14.9. The van der Waals surface area contributed by atoms with Crippen LogP contribution in [0, 0.1) is 5.92 Å². The Morgan fingerprint density at radius 1 is 1.44 bits per heavy atom. The van der Waals surface area contributed by atoms with Gasteiger partial charge in [0, 0.05) is 12.4 Å². The molecule has 1 aliphatic carbocycles. The van der Waals surface area contributed by atoms with E-state index in [9.17, 15) is 4.79 Å². The zero-order valence-corrected chi connectivity index (χ0v) is 10.3. The van der Waals surface area contributed by atoms with Crippen molar-refractivity contribution in [2.45, 2.75) is 12.8 Å². The number of fused-ring (bicyclic) bond motifs is 1. The molecule has 3 rings (SSSR count). The van der Waals surface area contributed by atoms with Crippen molar-refractivity contribution in [2.75, 3.05) is 6.61 Å². The fourth-order valence-corrected chi connectivity index (χ4v) is 2.27. The molecule has 1 aromatic heterocycles. The van der Waals surface area contributed by atoms with Crippen LogP contribution in [0.3, 0.4) is 0 Å². The van der Waals surface area contributed by atoms with Crippen LogP contribution >= 0.6 is 0 Å². The monoisotopic (exact) mass is 244 g/mol. The van der Waals surface area contributed by atoms with Crippen molar-refractivity contribution in [3.8, 4) is 5.75 Å². The molecule has 0 unspecified atom stereocenters. The van der Waals surface area contributed by atoms with Crippen LogP contribution < -0.4 is 10.5 Å². The second-order valence-corrected chi connectivity index (χ2v) is 4.87. The van der Waals surface area contributed by atoms with Gasteiger partial charge in [-0.3, -0.25) is 4.79 Å². The smallest absolute Gasteiger partial charge is 0.269 e. The molecule has 0 saturated heterocycles. The van der Waals surface area contributed by atoms with E-state index in [2.05, 4.69) is 0 Å². The molecule has 18 heavy (non-hydrogen) atoms. The van der Waals surface area contributed by atoms with Gasteiger partial charge in [-0.15, -0.1) is 0 Å². The molecule has 2 aromatic rings. The van der Waals surface area contributed by atoms with Gasteiger partial charge in [-0.1, -0.05) is 12.1 Å². The molecule has 1 saturated carbocycles. The first kappa shape index (κ1) is 11.1. The Morgan fingerprint density at radius 3 is 2.83 bits per heavy atom. The Labute approximate surface area is 105 Å². The minimum absolute atomic E-state index is 0.445. The van der Waals surface area contributed by atoms with Gasteiger partial charge in [-0.2, -0.15) is 0 Å². The van der Waals surface area contributed by atoms with Crippen molar-refractivity contribution in [3.63, 3.8) is 0 Å². The quantitative estimate of drug-likeness (QED) is 0.895. The lowest BCUT2D eigenvalue weighted by Gasteiger charge is -2.06. The number of rotatable bonds is 4. The van der Waals surface area contributed by atoms with Crippen LogP contribution in [0.4, 0.5) is 0 Å². The zero-order valence-electron chi connectivity index (χ0n) is 10.3. The van der Waals surface area contributed by atoms with Crippen molar-refractivity contribution in [1.29, 1.82) is 0 Å². The van der Waals surface area contributed by atoms with Crippen molar-refractivity contribution >= 4 is 16.8 Å². The van der Waals surface area contributed by atoms with Gasteiger partial charge in [0.05, 0.1) is 12.1 Å². The Balaban J connectivity index is 2.11. The molecule has 0 aliphatic heterocycles. The lowest BCUT2D eigenvalue weighted by Crippen LogP contribution is -2.17. The van der Waals surface area contributed by atoms with Crippen LogP contribution in [0.2, 0.25) is 0 Å². The number of nitrogens with zero attached hydrogens (tertiary/aromatic N) is 1. The van der Waals surface area contributed by atoms with Gasteiger partial charge in [0.15, 0.2) is 5.75 Å². The summed E-state index contributed by atoms with van der Waals surface area (Å²) in [4.78, 5) is 11.6. The van der Waals surface area contributed by atoms with E-state index >= 15 is 0 Å². The molecule has 0 bridgehead atoms. The summed E-state index contributed by atoms with van der Waals surface area (Å²) in [7, 11) is 1.84. The maximum Gasteiger partial charge on any atom is 0.269 e. The number of benzene rings is 1. The minimum Gasteiger partial charge on any atom is -0.490 e. The summed E-state index contributed by atoms with van der Waals surface area (Å²) in [6.07, 6.45) is 2.44. The molecule has 1 aromatic carbocycles. The third-order valence-corrected chi connectivity index (χ3v) is 3.45. The van der Waals surface area contributed by atoms with E-state index in [1.165, 1.54) is 12.8 Å². The number of amides is 1. The van der Waals surface area contributed by atoms with Crippen LogP contribution in [-0.4, -0.2) is 17.1 Å². The van der Waals surface area contributed by atoms with Crippen LogP contribution in [0.15, 0.2) is 24.3 Å². The van der Waals surface area contributed by atoms with E-state index in [0.717, 1.165) is 10.9 Å². The number of nitrogens with two attached hydrogens (primary N) is 1. The molecule has 94 valence electrons. The SMILES string of the molecule is Cn1c(C(N)=O)c(OCC2CC2)c2ccccc21. The average molecular weight is 244 g/mol. The predicted octanol–water partition coefficient (Wildman–Crippen LogP) is 2.07. The summed E-state index contributed by atoms with van der Waals surface area (Å²) >= 11 is 0. The van der Waals surface area contributed by atoms with Crippen molar-refractivity contribution < 1.29 is 9.53 Å². The first-order valence-electron chi connectivity index (χ1n) is 6.18. The average Bonchev–Trinajstić information content (AvgIpc) is 3.13. The molecule has 1 amide bonds. The molecular formula is C14H16N2O2. The van der Waals surface area contributed by atoms with Gasteiger partial charge in [0.25, 0.3) is 5.91 Å². The molecule has 2 N–H and O–H groups in total. The Hall–Kier alpha value is -1.97. The van der Waals surface area contributed by atoms with Gasteiger partial charge >= 0.3 is 0 Å². The Kier molecular flexibility index (Phi) is 2.51. The fraction of sp³-hybridized carbons (Fsp3) is 0.357. The van der Waals surface area contributed by atoms with E-state index in [1.807, 2.05) is 31.3 Å². The summed E-state index contributed by atoms with van der Waals surface area (Å²) in [6.45, 7) is 0.675. The molecule has 1 heterocycles. The third-order valence-electron chi connectivity index (χ3n) is 3.45. The van der Waals surface area contributed by atoms with E-state index < -0.39 is 5.91 Å². The van der Waals surface area contributed by atoms with Gasteiger partial charge in [0.2, 0.25) is 0 Å². The van der Waals surface area contributed by atoms with Gasteiger partial charge in [-0.05, 0) is 30.9 Å². The maximum absolute atomic E-state index is 11.6. The molecule has 4 nitrogen and oxygen atoms in total. The lowest BCUT2D eigenvalue weighted by atomic mass is 10.2. The number of aryl methyl sites for hydroxylation is 1. The highest BCUT2D eigenvalue weighted by atomic mass is 16.5. The van der Waals surface area contributed by atoms with Crippen molar-refractivity contribution in [3.05, 3.63) is 30.0 Å². The molecule has 0 radical (unpaired) electrons. The second-order valence-electron chi connectivity index (χ2n) is 4.87. The van der Waals surface area contributed by atoms with Crippen LogP contribution in [0.5, 0.6) is 5.75 Å². The summed E-state index contributed by atoms with van der Waals surface area (Å²) < 4.78 is 7.64. The summed E-state index contributed by atoms with van der Waals surface area (Å²) in [5, 5.41) is 0.953. The van der Waals surface area contributed by atoms with Gasteiger partial charge in [-0.25, -0.2) is 0 Å². The summed E-state index contributed by atoms with van der Waals surface area (Å²) in [6, 6.07) is 7.81. The number of aromatic nitrogens is 1. The van der Waals surface area contributed by atoms with Crippen LogP contribution in [-0.2, 0) is 7.05 Å². The number of carbonyl (C=O) groups is 1. The number of primary amides is 1. The van der Waals surface area contributed by atoms with Crippen LogP contribution in [0.25, 0.3) is 10.9 Å². The maximum atomic E-state index is 11.6. The fourth-order valence-electron chi connectivity index (χ4n) is 2.27. The number of hydrogen-bond acceptors (Lipinski definition) is 2. The predicted molar refractivity (Wildman–Crippen MR) is 69.7 cm³/mol. The van der Waals surface area contributed by atoms with Crippen molar-refractivity contribution in [2.24, 2.45) is 18.7 Å².